The van der Waals surface area contributed by atoms with E-state index in [4.69, 9.17) is 0 Å². The van der Waals surface area contributed by atoms with E-state index < -0.39 is 0 Å². The number of nitrogens with zero attached hydrogens (tertiary/aromatic N) is 1. The van der Waals surface area contributed by atoms with Gasteiger partial charge in [-0.2, -0.15) is 0 Å². The summed E-state index contributed by atoms with van der Waals surface area (Å²) in [6.07, 6.45) is 2.97. The smallest absolute Gasteiger partial charge is 0.270 e. The zero-order chi connectivity index (χ0) is 16.2. The van der Waals surface area contributed by atoms with Crippen molar-refractivity contribution >= 4 is 17.2 Å². The lowest BCUT2D eigenvalue weighted by molar-refractivity contribution is 0.0912. The van der Waals surface area contributed by atoms with Crippen LogP contribution in [0, 0.1) is 11.7 Å². The fourth-order valence-electron chi connectivity index (χ4n) is 2.89. The monoisotopic (exact) mass is 334 g/mol. The number of rotatable bonds is 5. The Morgan fingerprint density at radius 3 is 3.04 bits per heavy atom. The Balaban J connectivity index is 1.56. The molecular formula is C17H19FN2O2S. The molecule has 2 atom stereocenters. The average molecular weight is 334 g/mol. The van der Waals surface area contributed by atoms with E-state index in [0.717, 1.165) is 29.8 Å². The van der Waals surface area contributed by atoms with Gasteiger partial charge in [-0.3, -0.25) is 4.79 Å². The number of benzene rings is 1. The maximum Gasteiger partial charge on any atom is 0.270 e. The molecule has 4 nitrogen and oxygen atoms in total. The third-order valence-electron chi connectivity index (χ3n) is 4.17. The highest BCUT2D eigenvalue weighted by atomic mass is 32.1. The van der Waals surface area contributed by atoms with Gasteiger partial charge in [0.2, 0.25) is 0 Å². The van der Waals surface area contributed by atoms with Crippen LogP contribution in [0.25, 0.3) is 0 Å². The number of carbonyl (C=O) groups is 1. The number of halogens is 1. The third-order valence-corrected chi connectivity index (χ3v) is 5.02. The van der Waals surface area contributed by atoms with E-state index in [1.54, 1.807) is 11.4 Å². The fourth-order valence-corrected chi connectivity index (χ4v) is 3.70. The van der Waals surface area contributed by atoms with Crippen molar-refractivity contribution in [2.24, 2.45) is 5.92 Å². The van der Waals surface area contributed by atoms with E-state index in [9.17, 15) is 14.3 Å². The second-order valence-corrected chi connectivity index (χ2v) is 6.84. The van der Waals surface area contributed by atoms with Crippen LogP contribution in [0.15, 0.2) is 29.6 Å². The van der Waals surface area contributed by atoms with Gasteiger partial charge in [0.15, 0.2) is 0 Å². The minimum Gasteiger partial charge on any atom is -0.393 e. The highest BCUT2D eigenvalue weighted by Crippen LogP contribution is 2.24. The number of hydrogen-bond acceptors (Lipinski definition) is 4. The SMILES string of the molecule is O=C(NCC1CCCC1O)c1csc(Cc2cccc(F)c2)n1. The van der Waals surface area contributed by atoms with Crippen LogP contribution in [0.2, 0.25) is 0 Å². The van der Waals surface area contributed by atoms with Crippen molar-refractivity contribution in [2.75, 3.05) is 6.54 Å². The van der Waals surface area contributed by atoms with Gasteiger partial charge < -0.3 is 10.4 Å². The highest BCUT2D eigenvalue weighted by Gasteiger charge is 2.25. The number of nitrogens with one attached hydrogen (secondary N) is 1. The summed E-state index contributed by atoms with van der Waals surface area (Å²) >= 11 is 1.39. The van der Waals surface area contributed by atoms with Crippen molar-refractivity contribution in [3.63, 3.8) is 0 Å². The second-order valence-electron chi connectivity index (χ2n) is 5.90. The van der Waals surface area contributed by atoms with Crippen LogP contribution in [-0.2, 0) is 6.42 Å². The molecular weight excluding hydrogens is 315 g/mol. The van der Waals surface area contributed by atoms with Gasteiger partial charge in [0.1, 0.15) is 11.5 Å². The van der Waals surface area contributed by atoms with Gasteiger partial charge in [0, 0.05) is 24.3 Å². The number of hydrogen-bond donors (Lipinski definition) is 2. The molecule has 1 amide bonds. The Bertz CT molecular complexity index is 689. The van der Waals surface area contributed by atoms with Crippen LogP contribution in [0.5, 0.6) is 0 Å². The highest BCUT2D eigenvalue weighted by molar-refractivity contribution is 7.09. The van der Waals surface area contributed by atoms with Crippen LogP contribution in [0.4, 0.5) is 4.39 Å². The van der Waals surface area contributed by atoms with Crippen molar-refractivity contribution in [3.8, 4) is 0 Å². The van der Waals surface area contributed by atoms with Gasteiger partial charge in [0.25, 0.3) is 5.91 Å². The lowest BCUT2D eigenvalue weighted by Gasteiger charge is -2.14. The summed E-state index contributed by atoms with van der Waals surface area (Å²) < 4.78 is 13.2. The molecule has 1 aromatic heterocycles. The van der Waals surface area contributed by atoms with Crippen LogP contribution < -0.4 is 5.32 Å². The number of aliphatic hydroxyl groups is 1. The largest absolute Gasteiger partial charge is 0.393 e. The molecule has 3 rings (SSSR count). The Labute approximate surface area is 138 Å². The summed E-state index contributed by atoms with van der Waals surface area (Å²) in [5.74, 6) is -0.345. The van der Waals surface area contributed by atoms with Gasteiger partial charge in [0.05, 0.1) is 11.1 Å². The van der Waals surface area contributed by atoms with Crippen molar-refractivity contribution in [1.29, 1.82) is 0 Å². The first-order valence-corrected chi connectivity index (χ1v) is 8.65. The summed E-state index contributed by atoms with van der Waals surface area (Å²) in [5, 5.41) is 15.1. The number of carbonyl (C=O) groups excluding carboxylic acids is 1. The molecule has 0 aliphatic heterocycles. The number of aliphatic hydroxyl groups excluding tert-OH is 1. The predicted molar refractivity (Wildman–Crippen MR) is 87.0 cm³/mol. The average Bonchev–Trinajstić information content (AvgIpc) is 3.14. The Morgan fingerprint density at radius 1 is 1.43 bits per heavy atom. The van der Waals surface area contributed by atoms with Crippen molar-refractivity contribution < 1.29 is 14.3 Å². The molecule has 122 valence electrons. The van der Waals surface area contributed by atoms with Gasteiger partial charge in [-0.25, -0.2) is 9.37 Å². The minimum atomic E-state index is -0.311. The summed E-state index contributed by atoms with van der Waals surface area (Å²) in [6, 6.07) is 6.38. The molecule has 0 radical (unpaired) electrons. The van der Waals surface area contributed by atoms with E-state index in [0.29, 0.717) is 18.7 Å². The van der Waals surface area contributed by atoms with E-state index in [1.165, 1.54) is 23.5 Å². The Hall–Kier alpha value is -1.79. The summed E-state index contributed by atoms with van der Waals surface area (Å²) in [6.45, 7) is 0.483. The predicted octanol–water partition coefficient (Wildman–Crippen LogP) is 2.76. The molecule has 2 N–H and O–H groups in total. The van der Waals surface area contributed by atoms with Gasteiger partial charge in [-0.1, -0.05) is 18.6 Å². The standard InChI is InChI=1S/C17H19FN2O2S/c18-13-5-1-3-11(7-13)8-16-20-14(10-23-16)17(22)19-9-12-4-2-6-15(12)21/h1,3,5,7,10,12,15,21H,2,4,6,8-9H2,(H,19,22). The number of amides is 1. The normalized spacial score (nSPS) is 20.6. The van der Waals surface area contributed by atoms with Gasteiger partial charge in [-0.05, 0) is 30.5 Å². The molecule has 6 heteroatoms. The van der Waals surface area contributed by atoms with Crippen molar-refractivity contribution in [2.45, 2.75) is 31.8 Å². The molecule has 0 spiro atoms. The lowest BCUT2D eigenvalue weighted by atomic mass is 10.1. The second kappa shape index (κ2) is 7.19. The summed E-state index contributed by atoms with van der Waals surface area (Å²) in [4.78, 5) is 16.4. The Kier molecular flexibility index (Phi) is 5.03. The first-order chi connectivity index (χ1) is 11.1. The maximum atomic E-state index is 13.2. The lowest BCUT2D eigenvalue weighted by Crippen LogP contribution is -2.32. The van der Waals surface area contributed by atoms with Crippen LogP contribution in [0.3, 0.4) is 0 Å². The first-order valence-electron chi connectivity index (χ1n) is 7.77. The molecule has 1 fully saturated rings. The molecule has 1 aliphatic carbocycles. The summed E-state index contributed by atoms with van der Waals surface area (Å²) in [5.41, 5.74) is 1.22. The zero-order valence-electron chi connectivity index (χ0n) is 12.7. The van der Waals surface area contributed by atoms with Crippen LogP contribution >= 0.6 is 11.3 Å². The third kappa shape index (κ3) is 4.14. The van der Waals surface area contributed by atoms with E-state index in [-0.39, 0.29) is 23.7 Å². The van der Waals surface area contributed by atoms with Gasteiger partial charge in [-0.15, -0.1) is 11.3 Å². The molecule has 1 saturated carbocycles. The molecule has 1 aromatic carbocycles. The minimum absolute atomic E-state index is 0.143. The molecule has 2 unspecified atom stereocenters. The van der Waals surface area contributed by atoms with Crippen molar-refractivity contribution in [3.05, 3.63) is 51.7 Å². The summed E-state index contributed by atoms with van der Waals surface area (Å²) in [7, 11) is 0. The molecule has 2 aromatic rings. The molecule has 0 bridgehead atoms. The van der Waals surface area contributed by atoms with Crippen LogP contribution in [-0.4, -0.2) is 28.6 Å². The van der Waals surface area contributed by atoms with E-state index >= 15 is 0 Å². The molecule has 23 heavy (non-hydrogen) atoms. The van der Waals surface area contributed by atoms with Crippen LogP contribution in [0.1, 0.15) is 40.3 Å². The molecule has 1 heterocycles. The number of thiazole rings is 1. The fraction of sp³-hybridized carbons (Fsp3) is 0.412. The van der Waals surface area contributed by atoms with E-state index in [2.05, 4.69) is 10.3 Å². The quantitative estimate of drug-likeness (QED) is 0.884. The zero-order valence-corrected chi connectivity index (χ0v) is 13.5. The Morgan fingerprint density at radius 2 is 2.30 bits per heavy atom. The van der Waals surface area contributed by atoms with Gasteiger partial charge >= 0.3 is 0 Å². The topological polar surface area (TPSA) is 62.2 Å². The van der Waals surface area contributed by atoms with E-state index in [1.807, 2.05) is 6.07 Å². The maximum absolute atomic E-state index is 13.2. The number of aromatic nitrogens is 1. The molecule has 0 saturated heterocycles. The molecule has 1 aliphatic rings. The first kappa shape index (κ1) is 16.1. The van der Waals surface area contributed by atoms with Crippen molar-refractivity contribution in [1.82, 2.24) is 10.3 Å².